The molecule has 2 nitrogen and oxygen atoms in total. The van der Waals surface area contributed by atoms with Crippen LogP contribution in [0.1, 0.15) is 25.3 Å². The molecule has 3 heteroatoms. The quantitative estimate of drug-likeness (QED) is 0.895. The molecule has 0 heterocycles. The Kier molecular flexibility index (Phi) is 3.55. The number of hydrogen-bond acceptors (Lipinski definition) is 2. The molecule has 2 rings (SSSR count). The third-order valence-electron chi connectivity index (χ3n) is 3.22. The van der Waals surface area contributed by atoms with Crippen LogP contribution in [-0.2, 0) is 6.54 Å². The van der Waals surface area contributed by atoms with Gasteiger partial charge in [0, 0.05) is 17.6 Å². The molecule has 1 fully saturated rings. The molecule has 0 radical (unpaired) electrons. The van der Waals surface area contributed by atoms with Crippen molar-refractivity contribution in [2.75, 3.05) is 13.7 Å². The van der Waals surface area contributed by atoms with Crippen LogP contribution in [0.4, 0.5) is 0 Å². The van der Waals surface area contributed by atoms with Crippen molar-refractivity contribution < 1.29 is 4.74 Å². The third kappa shape index (κ3) is 2.98. The summed E-state index contributed by atoms with van der Waals surface area (Å²) >= 11 is 3.56. The molecule has 1 aromatic rings. The normalized spacial score (nSPS) is 17.2. The SMILES string of the molecule is COc1ccc(Br)c(CNCC2(C)CC2)c1. The molecule has 16 heavy (non-hydrogen) atoms. The second-order valence-electron chi connectivity index (χ2n) is 4.87. The number of ether oxygens (including phenoxy) is 1. The number of methoxy groups -OCH3 is 1. The summed E-state index contributed by atoms with van der Waals surface area (Å²) in [5, 5.41) is 3.51. The van der Waals surface area contributed by atoms with Crippen molar-refractivity contribution in [3.63, 3.8) is 0 Å². The summed E-state index contributed by atoms with van der Waals surface area (Å²) in [6.45, 7) is 4.34. The van der Waals surface area contributed by atoms with Crippen molar-refractivity contribution in [1.29, 1.82) is 0 Å². The smallest absolute Gasteiger partial charge is 0.119 e. The van der Waals surface area contributed by atoms with Crippen molar-refractivity contribution in [2.24, 2.45) is 5.41 Å². The first kappa shape index (κ1) is 11.9. The van der Waals surface area contributed by atoms with Gasteiger partial charge in [0.05, 0.1) is 7.11 Å². The van der Waals surface area contributed by atoms with Gasteiger partial charge in [-0.15, -0.1) is 0 Å². The van der Waals surface area contributed by atoms with Gasteiger partial charge < -0.3 is 10.1 Å². The van der Waals surface area contributed by atoms with Crippen LogP contribution < -0.4 is 10.1 Å². The summed E-state index contributed by atoms with van der Waals surface area (Å²) in [5.74, 6) is 0.914. The molecule has 1 saturated carbocycles. The first-order valence-corrected chi connectivity index (χ1v) is 6.45. The van der Waals surface area contributed by atoms with Gasteiger partial charge in [0.2, 0.25) is 0 Å². The zero-order valence-electron chi connectivity index (χ0n) is 9.85. The molecule has 0 bridgehead atoms. The van der Waals surface area contributed by atoms with Gasteiger partial charge in [-0.1, -0.05) is 22.9 Å². The van der Waals surface area contributed by atoms with Gasteiger partial charge in [-0.25, -0.2) is 0 Å². The van der Waals surface area contributed by atoms with Gasteiger partial charge in [0.1, 0.15) is 5.75 Å². The highest BCUT2D eigenvalue weighted by molar-refractivity contribution is 9.10. The highest BCUT2D eigenvalue weighted by Crippen LogP contribution is 2.44. The maximum absolute atomic E-state index is 5.22. The third-order valence-corrected chi connectivity index (χ3v) is 4.00. The van der Waals surface area contributed by atoms with E-state index in [2.05, 4.69) is 34.2 Å². The summed E-state index contributed by atoms with van der Waals surface area (Å²) < 4.78 is 6.36. The van der Waals surface area contributed by atoms with E-state index in [-0.39, 0.29) is 0 Å². The highest BCUT2D eigenvalue weighted by Gasteiger charge is 2.36. The zero-order chi connectivity index (χ0) is 11.6. The Morgan fingerprint density at radius 1 is 1.44 bits per heavy atom. The van der Waals surface area contributed by atoms with Crippen LogP contribution in [0.3, 0.4) is 0 Å². The van der Waals surface area contributed by atoms with E-state index in [0.717, 1.165) is 23.3 Å². The molecule has 1 N–H and O–H groups in total. The second-order valence-corrected chi connectivity index (χ2v) is 5.73. The highest BCUT2D eigenvalue weighted by atomic mass is 79.9. The molecule has 0 aliphatic heterocycles. The molecular formula is C13H18BrNO. The lowest BCUT2D eigenvalue weighted by atomic mass is 10.1. The van der Waals surface area contributed by atoms with Crippen LogP contribution in [0.25, 0.3) is 0 Å². The van der Waals surface area contributed by atoms with Crippen molar-refractivity contribution in [1.82, 2.24) is 5.32 Å². The number of rotatable bonds is 5. The van der Waals surface area contributed by atoms with E-state index in [0.29, 0.717) is 5.41 Å². The van der Waals surface area contributed by atoms with Crippen LogP contribution in [0.15, 0.2) is 22.7 Å². The number of benzene rings is 1. The lowest BCUT2D eigenvalue weighted by Crippen LogP contribution is -2.21. The molecule has 0 amide bonds. The topological polar surface area (TPSA) is 21.3 Å². The van der Waals surface area contributed by atoms with E-state index < -0.39 is 0 Å². The summed E-state index contributed by atoms with van der Waals surface area (Å²) in [7, 11) is 1.70. The Labute approximate surface area is 106 Å². The summed E-state index contributed by atoms with van der Waals surface area (Å²) in [6, 6.07) is 6.08. The van der Waals surface area contributed by atoms with Gasteiger partial charge in [0.25, 0.3) is 0 Å². The minimum absolute atomic E-state index is 0.561. The maximum atomic E-state index is 5.22. The van der Waals surface area contributed by atoms with Gasteiger partial charge in [-0.05, 0) is 42.0 Å². The lowest BCUT2D eigenvalue weighted by molar-refractivity contribution is 0.413. The van der Waals surface area contributed by atoms with Gasteiger partial charge in [-0.3, -0.25) is 0 Å². The number of hydrogen-bond donors (Lipinski definition) is 1. The fraction of sp³-hybridized carbons (Fsp3) is 0.538. The minimum atomic E-state index is 0.561. The van der Waals surface area contributed by atoms with Crippen LogP contribution >= 0.6 is 15.9 Å². The number of halogens is 1. The Bertz CT molecular complexity index is 374. The molecule has 1 aliphatic rings. The fourth-order valence-electron chi connectivity index (χ4n) is 1.70. The predicted molar refractivity (Wildman–Crippen MR) is 69.7 cm³/mol. The van der Waals surface area contributed by atoms with Crippen LogP contribution in [0.2, 0.25) is 0 Å². The van der Waals surface area contributed by atoms with Crippen molar-refractivity contribution in [3.8, 4) is 5.75 Å². The lowest BCUT2D eigenvalue weighted by Gasteiger charge is -2.12. The maximum Gasteiger partial charge on any atom is 0.119 e. The molecule has 0 aromatic heterocycles. The number of nitrogens with one attached hydrogen (secondary N) is 1. The minimum Gasteiger partial charge on any atom is -0.497 e. The van der Waals surface area contributed by atoms with Gasteiger partial charge in [-0.2, -0.15) is 0 Å². The van der Waals surface area contributed by atoms with Gasteiger partial charge in [0.15, 0.2) is 0 Å². The summed E-state index contributed by atoms with van der Waals surface area (Å²) in [5.41, 5.74) is 1.81. The Morgan fingerprint density at radius 2 is 2.19 bits per heavy atom. The van der Waals surface area contributed by atoms with Crippen LogP contribution in [0.5, 0.6) is 5.75 Å². The van der Waals surface area contributed by atoms with E-state index in [1.165, 1.54) is 18.4 Å². The molecule has 1 aliphatic carbocycles. The van der Waals surface area contributed by atoms with Crippen molar-refractivity contribution in [3.05, 3.63) is 28.2 Å². The molecule has 0 spiro atoms. The van der Waals surface area contributed by atoms with E-state index in [1.807, 2.05) is 12.1 Å². The standard InChI is InChI=1S/C13H18BrNO/c1-13(5-6-13)9-15-8-10-7-11(16-2)3-4-12(10)14/h3-4,7,15H,5-6,8-9H2,1-2H3. The van der Waals surface area contributed by atoms with E-state index in [9.17, 15) is 0 Å². The first-order chi connectivity index (χ1) is 7.63. The molecular weight excluding hydrogens is 266 g/mol. The zero-order valence-corrected chi connectivity index (χ0v) is 11.4. The van der Waals surface area contributed by atoms with Crippen molar-refractivity contribution in [2.45, 2.75) is 26.3 Å². The van der Waals surface area contributed by atoms with Crippen LogP contribution in [-0.4, -0.2) is 13.7 Å². The average Bonchev–Trinajstić information content (AvgIpc) is 2.99. The molecule has 1 aromatic carbocycles. The van der Waals surface area contributed by atoms with E-state index in [4.69, 9.17) is 4.74 Å². The van der Waals surface area contributed by atoms with E-state index in [1.54, 1.807) is 7.11 Å². The largest absolute Gasteiger partial charge is 0.497 e. The molecule has 0 saturated heterocycles. The summed E-state index contributed by atoms with van der Waals surface area (Å²) in [6.07, 6.45) is 2.72. The Hall–Kier alpha value is -0.540. The Morgan fingerprint density at radius 3 is 2.81 bits per heavy atom. The second kappa shape index (κ2) is 4.76. The first-order valence-electron chi connectivity index (χ1n) is 5.66. The molecule has 88 valence electrons. The monoisotopic (exact) mass is 283 g/mol. The van der Waals surface area contributed by atoms with Gasteiger partial charge >= 0.3 is 0 Å². The Balaban J connectivity index is 1.92. The fourth-order valence-corrected chi connectivity index (χ4v) is 2.09. The van der Waals surface area contributed by atoms with Crippen molar-refractivity contribution >= 4 is 15.9 Å². The average molecular weight is 284 g/mol. The van der Waals surface area contributed by atoms with E-state index >= 15 is 0 Å². The molecule has 0 unspecified atom stereocenters. The van der Waals surface area contributed by atoms with Crippen LogP contribution in [0, 0.1) is 5.41 Å². The molecule has 0 atom stereocenters. The summed E-state index contributed by atoms with van der Waals surface area (Å²) in [4.78, 5) is 0. The predicted octanol–water partition coefficient (Wildman–Crippen LogP) is 3.35.